The van der Waals surface area contributed by atoms with Gasteiger partial charge in [0.15, 0.2) is 5.82 Å². The molecule has 0 fully saturated rings. The number of phenols is 2. The average molecular weight is 877 g/mol. The first-order valence-electron chi connectivity index (χ1n) is 20.4. The van der Waals surface area contributed by atoms with E-state index in [2.05, 4.69) is 31.2 Å². The Kier molecular flexibility index (Phi) is 14.6. The molecule has 63 heavy (non-hydrogen) atoms. The fraction of sp³-hybridized carbons (Fsp3) is 0.283. The number of amides is 5. The number of nitrogens with zero attached hydrogens (tertiary/aromatic N) is 2. The lowest BCUT2D eigenvalue weighted by atomic mass is 9.93. The van der Waals surface area contributed by atoms with Crippen LogP contribution in [0.1, 0.15) is 71.3 Å². The van der Waals surface area contributed by atoms with Crippen molar-refractivity contribution in [2.45, 2.75) is 69.7 Å². The van der Waals surface area contributed by atoms with E-state index in [4.69, 9.17) is 17.3 Å². The van der Waals surface area contributed by atoms with Crippen molar-refractivity contribution in [1.82, 2.24) is 36.1 Å². The number of Topliss-reactive ketones (excluding diaryl/α,β-unsaturated/α-hetero) is 1. The molecule has 2 heterocycles. The van der Waals surface area contributed by atoms with E-state index < -0.39 is 65.5 Å². The number of carbonyl (C=O) groups excluding carboxylic acids is 6. The number of halogens is 1. The molecule has 0 aliphatic carbocycles. The number of phenolic OH excluding ortho intramolecular Hbond substituents is 2. The summed E-state index contributed by atoms with van der Waals surface area (Å²) >= 11 is 6.05. The highest BCUT2D eigenvalue weighted by atomic mass is 35.5. The SMILES string of the molecule is CC1NC(=O)C(N(C)C(=O)C(CCCCN)NC(=O)c2ccc(-c3ccc(Cl)cc3)cc2)c2ccc(O)c(c2)-c2cc(ccc2O)CC(C(=O)NC(C)C(=O)c2ncc[nH]2)NC1=O. The fourth-order valence-electron chi connectivity index (χ4n) is 7.32. The number of nitrogens with one attached hydrogen (secondary N) is 5. The minimum Gasteiger partial charge on any atom is -0.507 e. The van der Waals surface area contributed by atoms with Crippen molar-refractivity contribution < 1.29 is 39.0 Å². The number of nitrogens with two attached hydrogens (primary N) is 1. The van der Waals surface area contributed by atoms with Crippen LogP contribution in [0.2, 0.25) is 5.02 Å². The van der Waals surface area contributed by atoms with Gasteiger partial charge in [0, 0.05) is 47.6 Å². The lowest BCUT2D eigenvalue weighted by Crippen LogP contribution is -2.57. The van der Waals surface area contributed by atoms with Crippen LogP contribution in [0.15, 0.2) is 97.3 Å². The molecular formula is C46H49ClN8O8. The number of aromatic hydroxyl groups is 2. The van der Waals surface area contributed by atoms with Gasteiger partial charge in [-0.2, -0.15) is 0 Å². The van der Waals surface area contributed by atoms with E-state index in [-0.39, 0.29) is 46.9 Å². The molecule has 5 aromatic rings. The van der Waals surface area contributed by atoms with Gasteiger partial charge in [-0.25, -0.2) is 4.98 Å². The van der Waals surface area contributed by atoms with Crippen molar-refractivity contribution >= 4 is 46.9 Å². The summed E-state index contributed by atoms with van der Waals surface area (Å²) in [6.07, 6.45) is 3.95. The summed E-state index contributed by atoms with van der Waals surface area (Å²) < 4.78 is 0. The van der Waals surface area contributed by atoms with Gasteiger partial charge in [0.1, 0.15) is 35.7 Å². The zero-order valence-electron chi connectivity index (χ0n) is 34.9. The number of hydrogen-bond donors (Lipinski definition) is 8. The Morgan fingerprint density at radius 1 is 0.873 bits per heavy atom. The smallest absolute Gasteiger partial charge is 0.251 e. The number of carbonyl (C=O) groups is 6. The number of H-pyrrole nitrogens is 1. The number of fused-ring (bicyclic) bond motifs is 5. The molecule has 0 saturated heterocycles. The highest BCUT2D eigenvalue weighted by Crippen LogP contribution is 2.39. The summed E-state index contributed by atoms with van der Waals surface area (Å²) in [5, 5.41) is 33.6. The van der Waals surface area contributed by atoms with Crippen molar-refractivity contribution in [3.63, 3.8) is 0 Å². The van der Waals surface area contributed by atoms with E-state index in [0.29, 0.717) is 35.5 Å². The third kappa shape index (κ3) is 10.9. The molecule has 1 aliphatic rings. The number of imidazole rings is 1. The van der Waals surface area contributed by atoms with Crippen LogP contribution in [0, 0.1) is 0 Å². The van der Waals surface area contributed by atoms with Crippen LogP contribution in [-0.2, 0) is 25.6 Å². The maximum Gasteiger partial charge on any atom is 0.251 e. The number of rotatable bonds is 13. The van der Waals surface area contributed by atoms with Crippen molar-refractivity contribution in [2.75, 3.05) is 13.6 Å². The fourth-order valence-corrected chi connectivity index (χ4v) is 7.45. The Morgan fingerprint density at radius 3 is 2.17 bits per heavy atom. The number of aromatic nitrogens is 2. The van der Waals surface area contributed by atoms with E-state index in [0.717, 1.165) is 16.0 Å². The molecule has 16 nitrogen and oxygen atoms in total. The summed E-state index contributed by atoms with van der Waals surface area (Å²) in [6.45, 7) is 3.22. The van der Waals surface area contributed by atoms with Crippen LogP contribution in [-0.4, -0.2) is 98.2 Å². The van der Waals surface area contributed by atoms with E-state index in [1.54, 1.807) is 42.5 Å². The summed E-state index contributed by atoms with van der Waals surface area (Å²) in [5.74, 6) is -4.42. The van der Waals surface area contributed by atoms with Crippen LogP contribution in [0.25, 0.3) is 22.3 Å². The molecule has 9 N–H and O–H groups in total. The van der Waals surface area contributed by atoms with Gasteiger partial charge in [0.2, 0.25) is 29.4 Å². The minimum absolute atomic E-state index is 0.0298. The molecule has 17 heteroatoms. The molecule has 1 aliphatic heterocycles. The number of hydrogen-bond acceptors (Lipinski definition) is 10. The second-order valence-electron chi connectivity index (χ2n) is 15.4. The lowest BCUT2D eigenvalue weighted by molar-refractivity contribution is -0.141. The first-order chi connectivity index (χ1) is 30.1. The number of aromatic amines is 1. The van der Waals surface area contributed by atoms with Gasteiger partial charge in [-0.3, -0.25) is 28.8 Å². The zero-order valence-corrected chi connectivity index (χ0v) is 35.6. The molecule has 4 bridgehead atoms. The lowest BCUT2D eigenvalue weighted by Gasteiger charge is -2.32. The van der Waals surface area contributed by atoms with Gasteiger partial charge in [-0.1, -0.05) is 48.0 Å². The van der Waals surface area contributed by atoms with Crippen LogP contribution >= 0.6 is 11.6 Å². The highest BCUT2D eigenvalue weighted by Gasteiger charge is 2.36. The number of benzene rings is 4. The Balaban J connectivity index is 1.31. The Hall–Kier alpha value is -7.04. The average Bonchev–Trinajstić information content (AvgIpc) is 3.82. The first kappa shape index (κ1) is 45.5. The molecule has 5 unspecified atom stereocenters. The molecule has 0 spiro atoms. The van der Waals surface area contributed by atoms with E-state index >= 15 is 0 Å². The van der Waals surface area contributed by atoms with Gasteiger partial charge >= 0.3 is 0 Å². The van der Waals surface area contributed by atoms with Gasteiger partial charge < -0.3 is 47.1 Å². The molecule has 6 rings (SSSR count). The molecule has 1 aromatic heterocycles. The van der Waals surface area contributed by atoms with Crippen LogP contribution in [0.5, 0.6) is 11.5 Å². The topological polar surface area (TPSA) is 249 Å². The van der Waals surface area contributed by atoms with Crippen LogP contribution in [0.3, 0.4) is 0 Å². The van der Waals surface area contributed by atoms with Gasteiger partial charge in [-0.15, -0.1) is 0 Å². The van der Waals surface area contributed by atoms with Crippen molar-refractivity contribution in [3.8, 4) is 33.8 Å². The third-order valence-corrected chi connectivity index (χ3v) is 11.1. The monoisotopic (exact) mass is 876 g/mol. The summed E-state index contributed by atoms with van der Waals surface area (Å²) in [4.78, 5) is 91.0. The quantitative estimate of drug-likeness (QED) is 0.0620. The Bertz CT molecular complexity index is 2480. The predicted octanol–water partition coefficient (Wildman–Crippen LogP) is 4.17. The molecule has 0 radical (unpaired) electrons. The van der Waals surface area contributed by atoms with Gasteiger partial charge in [0.05, 0.1) is 6.04 Å². The van der Waals surface area contributed by atoms with E-state index in [1.165, 1.54) is 63.6 Å². The molecule has 328 valence electrons. The number of ketones is 1. The summed E-state index contributed by atoms with van der Waals surface area (Å²) in [6, 6.07) is 16.6. The van der Waals surface area contributed by atoms with Crippen molar-refractivity contribution in [1.29, 1.82) is 0 Å². The van der Waals surface area contributed by atoms with Gasteiger partial charge in [0.25, 0.3) is 5.91 Å². The zero-order chi connectivity index (χ0) is 45.4. The molecule has 5 amide bonds. The molecule has 5 atom stereocenters. The summed E-state index contributed by atoms with van der Waals surface area (Å²) in [7, 11) is 1.39. The largest absolute Gasteiger partial charge is 0.507 e. The predicted molar refractivity (Wildman–Crippen MR) is 236 cm³/mol. The maximum absolute atomic E-state index is 14.6. The number of unbranched alkanes of at least 4 members (excludes halogenated alkanes) is 1. The van der Waals surface area contributed by atoms with Gasteiger partial charge in [-0.05, 0) is 110 Å². The highest BCUT2D eigenvalue weighted by molar-refractivity contribution is 6.30. The van der Waals surface area contributed by atoms with Crippen LogP contribution < -0.4 is 27.0 Å². The van der Waals surface area contributed by atoms with E-state index in [1.807, 2.05) is 12.1 Å². The molecule has 0 saturated carbocycles. The third-order valence-electron chi connectivity index (χ3n) is 10.9. The normalized spacial score (nSPS) is 17.3. The number of likely N-dealkylation sites (N-methyl/N-ethyl adjacent to an activating group) is 1. The Morgan fingerprint density at radius 2 is 1.52 bits per heavy atom. The Labute approximate surface area is 368 Å². The second-order valence-corrected chi connectivity index (χ2v) is 15.8. The summed E-state index contributed by atoms with van der Waals surface area (Å²) in [5.41, 5.74) is 8.72. The minimum atomic E-state index is -1.44. The van der Waals surface area contributed by atoms with Crippen molar-refractivity contribution in [2.24, 2.45) is 5.73 Å². The standard InChI is InChI=1S/C46H49ClN8O8/c1-25(40(58)41-49-20-21-50-41)51-44(61)36-23-27-7-17-37(56)33(22-27)34-24-31(14-18-38(34)57)39(45(62)52-26(2)42(59)54-36)55(3)46(63)35(6-4-5-19-48)53-43(60)30-10-8-28(9-11-30)29-12-15-32(47)16-13-29/h7-18,20-22,24-26,35-36,39,56-57H,4-6,19,23,48H2,1-3H3,(H,49,50)(H,51,61)(H,52,62)(H,53,60)(H,54,59). The molecular weight excluding hydrogens is 828 g/mol. The van der Waals surface area contributed by atoms with Crippen LogP contribution in [0.4, 0.5) is 0 Å². The molecule has 4 aromatic carbocycles. The second kappa shape index (κ2) is 20.2. The first-order valence-corrected chi connectivity index (χ1v) is 20.8. The van der Waals surface area contributed by atoms with E-state index in [9.17, 15) is 39.0 Å². The van der Waals surface area contributed by atoms with Crippen molar-refractivity contribution in [3.05, 3.63) is 125 Å². The maximum atomic E-state index is 14.6.